The fourth-order valence-corrected chi connectivity index (χ4v) is 2.54. The predicted molar refractivity (Wildman–Crippen MR) is 77.3 cm³/mol. The summed E-state index contributed by atoms with van der Waals surface area (Å²) in [5.41, 5.74) is 1.11. The van der Waals surface area contributed by atoms with Gasteiger partial charge in [-0.05, 0) is 6.26 Å². The van der Waals surface area contributed by atoms with Crippen LogP contribution in [0.3, 0.4) is 0 Å². The number of nitrogens with zero attached hydrogens (tertiary/aromatic N) is 2. The van der Waals surface area contributed by atoms with Crippen LogP contribution in [-0.4, -0.2) is 50.8 Å². The second kappa shape index (κ2) is 8.74. The lowest BCUT2D eigenvalue weighted by molar-refractivity contribution is 0.199. The van der Waals surface area contributed by atoms with Gasteiger partial charge in [0, 0.05) is 44.9 Å². The van der Waals surface area contributed by atoms with Crippen LogP contribution in [0.5, 0.6) is 0 Å². The van der Waals surface area contributed by atoms with E-state index in [1.807, 2.05) is 11.8 Å². The smallest absolute Gasteiger partial charge is 0.185 e. The van der Waals surface area contributed by atoms with Crippen molar-refractivity contribution < 1.29 is 4.74 Å². The zero-order valence-electron chi connectivity index (χ0n) is 10.7. The Bertz CT molecular complexity index is 307. The summed E-state index contributed by atoms with van der Waals surface area (Å²) in [5, 5.41) is 6.51. The van der Waals surface area contributed by atoms with Gasteiger partial charge in [-0.15, -0.1) is 11.3 Å². The quantitative estimate of drug-likeness (QED) is 0.694. The molecule has 1 rings (SSSR count). The van der Waals surface area contributed by atoms with Crippen LogP contribution in [0.1, 0.15) is 5.69 Å². The number of methoxy groups -OCH3 is 1. The maximum Gasteiger partial charge on any atom is 0.185 e. The first-order valence-electron chi connectivity index (χ1n) is 5.62. The van der Waals surface area contributed by atoms with E-state index in [0.717, 1.165) is 42.8 Å². The lowest BCUT2D eigenvalue weighted by Crippen LogP contribution is -2.21. The van der Waals surface area contributed by atoms with E-state index in [-0.39, 0.29) is 0 Å². The summed E-state index contributed by atoms with van der Waals surface area (Å²) in [4.78, 5) is 6.80. The van der Waals surface area contributed by atoms with Crippen LogP contribution in [0.25, 0.3) is 0 Å². The van der Waals surface area contributed by atoms with Crippen molar-refractivity contribution >= 4 is 28.2 Å². The van der Waals surface area contributed by atoms with Crippen LogP contribution in [-0.2, 0) is 11.3 Å². The van der Waals surface area contributed by atoms with Crippen LogP contribution in [0, 0.1) is 0 Å². The number of nitrogens with one attached hydrogen (secondary N) is 1. The molecule has 0 fully saturated rings. The number of hydrogen-bond acceptors (Lipinski definition) is 6. The predicted octanol–water partition coefficient (Wildman–Crippen LogP) is 1.68. The minimum atomic E-state index is 0.741. The molecule has 17 heavy (non-hydrogen) atoms. The molecular weight excluding hydrogens is 254 g/mol. The van der Waals surface area contributed by atoms with E-state index in [2.05, 4.69) is 33.9 Å². The lowest BCUT2D eigenvalue weighted by Gasteiger charge is -2.14. The van der Waals surface area contributed by atoms with Gasteiger partial charge in [0.25, 0.3) is 0 Å². The van der Waals surface area contributed by atoms with Gasteiger partial charge < -0.3 is 15.0 Å². The number of rotatable bonds is 9. The highest BCUT2D eigenvalue weighted by Gasteiger charge is 2.06. The molecule has 0 aromatic carbocycles. The number of aromatic nitrogens is 1. The van der Waals surface area contributed by atoms with Gasteiger partial charge in [-0.25, -0.2) is 4.98 Å². The Morgan fingerprint density at radius 3 is 3.12 bits per heavy atom. The van der Waals surface area contributed by atoms with Crippen molar-refractivity contribution in [2.75, 3.05) is 50.8 Å². The van der Waals surface area contributed by atoms with Crippen LogP contribution in [0.15, 0.2) is 5.38 Å². The molecule has 0 saturated carbocycles. The summed E-state index contributed by atoms with van der Waals surface area (Å²) in [6, 6.07) is 0. The van der Waals surface area contributed by atoms with Crippen LogP contribution in [0.2, 0.25) is 0 Å². The third-order valence-corrected chi connectivity index (χ3v) is 3.88. The summed E-state index contributed by atoms with van der Waals surface area (Å²) in [7, 11) is 3.81. The zero-order valence-corrected chi connectivity index (χ0v) is 12.4. The number of thioether (sulfide) groups is 1. The average molecular weight is 275 g/mol. The standard InChI is InChI=1S/C11H21N3OS2/c1-14(5-7-16-3)11-13-10(9-17-11)8-12-4-6-15-2/h9,12H,4-8H2,1-3H3. The zero-order chi connectivity index (χ0) is 12.5. The number of ether oxygens (including phenoxy) is 1. The molecule has 1 aromatic heterocycles. The molecular formula is C11H21N3OS2. The minimum absolute atomic E-state index is 0.741. The molecule has 0 aliphatic rings. The van der Waals surface area contributed by atoms with Gasteiger partial charge in [-0.1, -0.05) is 0 Å². The highest BCUT2D eigenvalue weighted by molar-refractivity contribution is 7.98. The van der Waals surface area contributed by atoms with E-state index in [1.165, 1.54) is 0 Å². The second-order valence-corrected chi connectivity index (χ2v) is 5.53. The Hall–Kier alpha value is -0.300. The van der Waals surface area contributed by atoms with Crippen LogP contribution >= 0.6 is 23.1 Å². The molecule has 4 nitrogen and oxygen atoms in total. The molecule has 0 radical (unpaired) electrons. The van der Waals surface area contributed by atoms with Crippen molar-refractivity contribution in [2.45, 2.75) is 6.54 Å². The Labute approximate surface area is 112 Å². The largest absolute Gasteiger partial charge is 0.383 e. The Morgan fingerprint density at radius 1 is 1.59 bits per heavy atom. The molecule has 0 amide bonds. The second-order valence-electron chi connectivity index (χ2n) is 3.71. The SMILES string of the molecule is COCCNCc1csc(N(C)CCSC)n1. The average Bonchev–Trinajstić information content (AvgIpc) is 2.80. The van der Waals surface area contributed by atoms with E-state index >= 15 is 0 Å². The van der Waals surface area contributed by atoms with Crippen molar-refractivity contribution in [3.63, 3.8) is 0 Å². The highest BCUT2D eigenvalue weighted by Crippen LogP contribution is 2.19. The number of anilines is 1. The third kappa shape index (κ3) is 5.72. The van der Waals surface area contributed by atoms with Crippen molar-refractivity contribution in [3.8, 4) is 0 Å². The van der Waals surface area contributed by atoms with E-state index in [0.29, 0.717) is 0 Å². The molecule has 0 atom stereocenters. The molecule has 1 aromatic rings. The van der Waals surface area contributed by atoms with E-state index in [4.69, 9.17) is 4.74 Å². The van der Waals surface area contributed by atoms with Gasteiger partial charge in [0.15, 0.2) is 5.13 Å². The molecule has 0 saturated heterocycles. The van der Waals surface area contributed by atoms with Gasteiger partial charge in [-0.3, -0.25) is 0 Å². The fraction of sp³-hybridized carbons (Fsp3) is 0.727. The first-order valence-corrected chi connectivity index (χ1v) is 7.89. The van der Waals surface area contributed by atoms with Crippen LogP contribution in [0.4, 0.5) is 5.13 Å². The molecule has 0 spiro atoms. The van der Waals surface area contributed by atoms with Crippen LogP contribution < -0.4 is 10.2 Å². The van der Waals surface area contributed by atoms with Crippen molar-refractivity contribution in [3.05, 3.63) is 11.1 Å². The van der Waals surface area contributed by atoms with Gasteiger partial charge >= 0.3 is 0 Å². The topological polar surface area (TPSA) is 37.4 Å². The molecule has 0 aliphatic carbocycles. The van der Waals surface area contributed by atoms with Gasteiger partial charge in [0.2, 0.25) is 0 Å². The van der Waals surface area contributed by atoms with E-state index < -0.39 is 0 Å². The molecule has 1 N–H and O–H groups in total. The minimum Gasteiger partial charge on any atom is -0.383 e. The lowest BCUT2D eigenvalue weighted by atomic mass is 10.5. The maximum absolute atomic E-state index is 4.98. The molecule has 0 bridgehead atoms. The van der Waals surface area contributed by atoms with Crippen molar-refractivity contribution in [2.24, 2.45) is 0 Å². The molecule has 1 heterocycles. The maximum atomic E-state index is 4.98. The van der Waals surface area contributed by atoms with E-state index in [9.17, 15) is 0 Å². The summed E-state index contributed by atoms with van der Waals surface area (Å²) >= 11 is 3.57. The molecule has 0 aliphatic heterocycles. The Morgan fingerprint density at radius 2 is 2.41 bits per heavy atom. The fourth-order valence-electron chi connectivity index (χ4n) is 1.27. The van der Waals surface area contributed by atoms with Gasteiger partial charge in [0.1, 0.15) is 0 Å². The van der Waals surface area contributed by atoms with Gasteiger partial charge in [-0.2, -0.15) is 11.8 Å². The first kappa shape index (κ1) is 14.8. The van der Waals surface area contributed by atoms with Gasteiger partial charge in [0.05, 0.1) is 12.3 Å². The Balaban J connectivity index is 2.31. The molecule has 0 unspecified atom stereocenters. The Kier molecular flexibility index (Phi) is 7.59. The number of thiazole rings is 1. The third-order valence-electron chi connectivity index (χ3n) is 2.29. The summed E-state index contributed by atoms with van der Waals surface area (Å²) < 4.78 is 4.98. The number of hydrogen-bond donors (Lipinski definition) is 1. The summed E-state index contributed by atoms with van der Waals surface area (Å²) in [6.45, 7) is 3.47. The molecule has 98 valence electrons. The molecule has 6 heteroatoms. The highest BCUT2D eigenvalue weighted by atomic mass is 32.2. The summed E-state index contributed by atoms with van der Waals surface area (Å²) in [6.07, 6.45) is 2.13. The van der Waals surface area contributed by atoms with E-state index in [1.54, 1.807) is 18.4 Å². The summed E-state index contributed by atoms with van der Waals surface area (Å²) in [5.74, 6) is 1.14. The first-order chi connectivity index (χ1) is 8.27. The van der Waals surface area contributed by atoms with Crippen molar-refractivity contribution in [1.29, 1.82) is 0 Å². The normalized spacial score (nSPS) is 10.8. The van der Waals surface area contributed by atoms with Crippen molar-refractivity contribution in [1.82, 2.24) is 10.3 Å². The monoisotopic (exact) mass is 275 g/mol.